The predicted octanol–water partition coefficient (Wildman–Crippen LogP) is 3.89. The second-order valence-electron chi connectivity index (χ2n) is 6.60. The molecule has 118 valence electrons. The van der Waals surface area contributed by atoms with Gasteiger partial charge >= 0.3 is 0 Å². The lowest BCUT2D eigenvalue weighted by Gasteiger charge is -2.24. The number of pyridine rings is 1. The van der Waals surface area contributed by atoms with E-state index in [9.17, 15) is 0 Å². The topological polar surface area (TPSA) is 28.2 Å². The molecule has 1 N–H and O–H groups in total. The van der Waals surface area contributed by atoms with Gasteiger partial charge in [0.1, 0.15) is 5.82 Å². The first kappa shape index (κ1) is 17.7. The molecule has 1 heterocycles. The van der Waals surface area contributed by atoms with Crippen LogP contribution in [0.4, 0.5) is 5.82 Å². The van der Waals surface area contributed by atoms with Crippen LogP contribution in [-0.2, 0) is 12.0 Å². The van der Waals surface area contributed by atoms with Crippen molar-refractivity contribution in [3.05, 3.63) is 36.0 Å². The summed E-state index contributed by atoms with van der Waals surface area (Å²) >= 11 is 0. The molecule has 0 spiro atoms. The van der Waals surface area contributed by atoms with Crippen LogP contribution in [-0.4, -0.2) is 25.1 Å². The van der Waals surface area contributed by atoms with Crippen molar-refractivity contribution in [2.75, 3.05) is 25.0 Å². The Morgan fingerprint density at radius 3 is 2.62 bits per heavy atom. The normalized spacial score (nSPS) is 11.5. The molecule has 0 fully saturated rings. The molecule has 0 atom stereocenters. The van der Waals surface area contributed by atoms with E-state index in [0.717, 1.165) is 44.0 Å². The average Bonchev–Trinajstić information content (AvgIpc) is 2.44. The van der Waals surface area contributed by atoms with Crippen molar-refractivity contribution >= 4 is 5.82 Å². The van der Waals surface area contributed by atoms with Crippen molar-refractivity contribution in [3.8, 4) is 0 Å². The number of unbranched alkanes of at least 4 members (excludes halogenated alkanes) is 1. The van der Waals surface area contributed by atoms with Crippen LogP contribution in [0.1, 0.15) is 51.8 Å². The first-order valence-electron chi connectivity index (χ1n) is 7.92. The standard InChI is InChI=1S/C18H31N3/c1-7-9-10-11-21(6)17-13-15(14-19-8-2)12-16(20-17)18(3,4)5/h7,12-13,19H,1,8-11,14H2,2-6H3. The van der Waals surface area contributed by atoms with Gasteiger partial charge in [0.05, 0.1) is 0 Å². The van der Waals surface area contributed by atoms with Gasteiger partial charge < -0.3 is 10.2 Å². The number of nitrogens with one attached hydrogen (secondary N) is 1. The molecule has 0 amide bonds. The minimum Gasteiger partial charge on any atom is -0.360 e. The number of nitrogens with zero attached hydrogens (tertiary/aromatic N) is 2. The number of hydrogen-bond acceptors (Lipinski definition) is 3. The first-order valence-corrected chi connectivity index (χ1v) is 7.92. The van der Waals surface area contributed by atoms with E-state index in [4.69, 9.17) is 4.98 Å². The molecule has 0 aliphatic rings. The molecule has 1 rings (SSSR count). The third kappa shape index (κ3) is 5.88. The summed E-state index contributed by atoms with van der Waals surface area (Å²) in [6.45, 7) is 15.5. The highest BCUT2D eigenvalue weighted by Crippen LogP contribution is 2.24. The molecule has 0 saturated heterocycles. The zero-order chi connectivity index (χ0) is 15.9. The molecule has 0 bridgehead atoms. The van der Waals surface area contributed by atoms with Crippen LogP contribution in [0.25, 0.3) is 0 Å². The van der Waals surface area contributed by atoms with Crippen LogP contribution >= 0.6 is 0 Å². The summed E-state index contributed by atoms with van der Waals surface area (Å²) in [5.41, 5.74) is 2.53. The fraction of sp³-hybridized carbons (Fsp3) is 0.611. The van der Waals surface area contributed by atoms with Crippen molar-refractivity contribution in [1.29, 1.82) is 0 Å². The van der Waals surface area contributed by atoms with E-state index in [-0.39, 0.29) is 5.41 Å². The van der Waals surface area contributed by atoms with Crippen LogP contribution < -0.4 is 10.2 Å². The fourth-order valence-corrected chi connectivity index (χ4v) is 2.11. The second kappa shape index (κ2) is 8.18. The lowest BCUT2D eigenvalue weighted by atomic mass is 9.90. The molecule has 21 heavy (non-hydrogen) atoms. The zero-order valence-electron chi connectivity index (χ0n) is 14.4. The van der Waals surface area contributed by atoms with E-state index in [1.54, 1.807) is 0 Å². The Balaban J connectivity index is 2.97. The Kier molecular flexibility index (Phi) is 6.90. The highest BCUT2D eigenvalue weighted by atomic mass is 15.2. The summed E-state index contributed by atoms with van der Waals surface area (Å²) in [6, 6.07) is 4.43. The van der Waals surface area contributed by atoms with Crippen LogP contribution in [0.3, 0.4) is 0 Å². The third-order valence-corrected chi connectivity index (χ3v) is 3.51. The SMILES string of the molecule is C=CCCCN(C)c1cc(CNCC)cc(C(C)(C)C)n1. The Hall–Kier alpha value is -1.35. The van der Waals surface area contributed by atoms with Gasteiger partial charge in [-0.2, -0.15) is 0 Å². The highest BCUT2D eigenvalue weighted by molar-refractivity contribution is 5.43. The molecule has 0 aliphatic carbocycles. The Labute approximate surface area is 130 Å². The average molecular weight is 289 g/mol. The van der Waals surface area contributed by atoms with E-state index in [1.165, 1.54) is 5.56 Å². The van der Waals surface area contributed by atoms with Gasteiger partial charge in [-0.05, 0) is 37.1 Å². The van der Waals surface area contributed by atoms with Gasteiger partial charge in [-0.15, -0.1) is 6.58 Å². The quantitative estimate of drug-likeness (QED) is 0.581. The van der Waals surface area contributed by atoms with Crippen molar-refractivity contribution in [3.63, 3.8) is 0 Å². The van der Waals surface area contributed by atoms with Gasteiger partial charge in [-0.25, -0.2) is 4.98 Å². The van der Waals surface area contributed by atoms with E-state index in [0.29, 0.717) is 0 Å². The van der Waals surface area contributed by atoms with Gasteiger partial charge in [0.2, 0.25) is 0 Å². The van der Waals surface area contributed by atoms with Crippen LogP contribution in [0, 0.1) is 0 Å². The maximum absolute atomic E-state index is 4.86. The smallest absolute Gasteiger partial charge is 0.128 e. The van der Waals surface area contributed by atoms with E-state index >= 15 is 0 Å². The summed E-state index contributed by atoms with van der Waals surface area (Å²) in [5, 5.41) is 3.40. The molecular formula is C18H31N3. The summed E-state index contributed by atoms with van der Waals surface area (Å²) in [5.74, 6) is 1.07. The molecule has 0 unspecified atom stereocenters. The van der Waals surface area contributed by atoms with Gasteiger partial charge in [0.15, 0.2) is 0 Å². The predicted molar refractivity (Wildman–Crippen MR) is 93.0 cm³/mol. The second-order valence-corrected chi connectivity index (χ2v) is 6.60. The molecule has 0 radical (unpaired) electrons. The summed E-state index contributed by atoms with van der Waals surface area (Å²) < 4.78 is 0. The summed E-state index contributed by atoms with van der Waals surface area (Å²) in [6.07, 6.45) is 4.14. The van der Waals surface area contributed by atoms with E-state index in [2.05, 4.69) is 63.7 Å². The maximum Gasteiger partial charge on any atom is 0.128 e. The number of hydrogen-bond donors (Lipinski definition) is 1. The van der Waals surface area contributed by atoms with Gasteiger partial charge in [0.25, 0.3) is 0 Å². The fourth-order valence-electron chi connectivity index (χ4n) is 2.11. The molecule has 1 aromatic rings. The molecule has 0 aromatic carbocycles. The minimum atomic E-state index is 0.0684. The number of aromatic nitrogens is 1. The van der Waals surface area contributed by atoms with Crippen LogP contribution in [0.15, 0.2) is 24.8 Å². The number of allylic oxidation sites excluding steroid dienone is 1. The summed E-state index contributed by atoms with van der Waals surface area (Å²) in [4.78, 5) is 7.11. The van der Waals surface area contributed by atoms with Crippen molar-refractivity contribution in [2.24, 2.45) is 0 Å². The van der Waals surface area contributed by atoms with Gasteiger partial charge in [-0.1, -0.05) is 33.8 Å². The minimum absolute atomic E-state index is 0.0684. The van der Waals surface area contributed by atoms with Crippen molar-refractivity contribution in [2.45, 2.75) is 52.5 Å². The molecule has 3 nitrogen and oxygen atoms in total. The molecule has 3 heteroatoms. The maximum atomic E-state index is 4.86. The number of anilines is 1. The van der Waals surface area contributed by atoms with Crippen LogP contribution in [0.5, 0.6) is 0 Å². The Morgan fingerprint density at radius 1 is 1.33 bits per heavy atom. The van der Waals surface area contributed by atoms with Gasteiger partial charge in [-0.3, -0.25) is 0 Å². The largest absolute Gasteiger partial charge is 0.360 e. The Morgan fingerprint density at radius 2 is 2.05 bits per heavy atom. The first-order chi connectivity index (χ1) is 9.88. The summed E-state index contributed by atoms with van der Waals surface area (Å²) in [7, 11) is 2.12. The van der Waals surface area contributed by atoms with Crippen molar-refractivity contribution in [1.82, 2.24) is 10.3 Å². The van der Waals surface area contributed by atoms with E-state index < -0.39 is 0 Å². The van der Waals surface area contributed by atoms with Crippen molar-refractivity contribution < 1.29 is 0 Å². The monoisotopic (exact) mass is 289 g/mol. The lowest BCUT2D eigenvalue weighted by Crippen LogP contribution is -2.23. The van der Waals surface area contributed by atoms with Crippen LogP contribution in [0.2, 0.25) is 0 Å². The zero-order valence-corrected chi connectivity index (χ0v) is 14.4. The Bertz CT molecular complexity index is 446. The molecule has 1 aromatic heterocycles. The highest BCUT2D eigenvalue weighted by Gasteiger charge is 2.18. The molecular weight excluding hydrogens is 258 g/mol. The molecule has 0 aliphatic heterocycles. The third-order valence-electron chi connectivity index (χ3n) is 3.51. The lowest BCUT2D eigenvalue weighted by molar-refractivity contribution is 0.565. The molecule has 0 saturated carbocycles. The van der Waals surface area contributed by atoms with Gasteiger partial charge in [0, 0.05) is 31.2 Å². The van der Waals surface area contributed by atoms with E-state index in [1.807, 2.05) is 6.08 Å². The number of rotatable bonds is 8.